The average Bonchev–Trinajstić information content (AvgIpc) is 3.46. The number of benzene rings is 2. The molecule has 4 aromatic rings. The minimum atomic E-state index is -0.182. The molecule has 2 heterocycles. The molecule has 30 heavy (non-hydrogen) atoms. The van der Waals surface area contributed by atoms with Crippen LogP contribution < -0.4 is 10.6 Å². The lowest BCUT2D eigenvalue weighted by Gasteiger charge is -2.08. The highest BCUT2D eigenvalue weighted by atomic mass is 32.2. The van der Waals surface area contributed by atoms with Gasteiger partial charge in [-0.05, 0) is 58.3 Å². The van der Waals surface area contributed by atoms with Gasteiger partial charge in [-0.1, -0.05) is 36.0 Å². The molecule has 0 aliphatic heterocycles. The number of anilines is 2. The van der Waals surface area contributed by atoms with Gasteiger partial charge in [0.1, 0.15) is 0 Å². The molecule has 0 aliphatic rings. The first-order valence-corrected chi connectivity index (χ1v) is 10.8. The van der Waals surface area contributed by atoms with Crippen molar-refractivity contribution in [3.63, 3.8) is 0 Å². The molecule has 0 radical (unpaired) electrons. The molecule has 0 saturated carbocycles. The summed E-state index contributed by atoms with van der Waals surface area (Å²) in [5, 5.41) is 19.7. The van der Waals surface area contributed by atoms with Crippen molar-refractivity contribution in [1.29, 1.82) is 0 Å². The first-order valence-electron chi connectivity index (χ1n) is 8.90. The van der Waals surface area contributed by atoms with Crippen LogP contribution in [0.3, 0.4) is 0 Å². The number of carbonyl (C=O) groups excluding carboxylic acids is 2. The van der Waals surface area contributed by atoms with Crippen LogP contribution in [0.25, 0.3) is 5.69 Å². The van der Waals surface area contributed by atoms with E-state index in [0.29, 0.717) is 21.4 Å². The van der Waals surface area contributed by atoms with Gasteiger partial charge in [0, 0.05) is 11.4 Å². The number of nitrogens with one attached hydrogen (secondary N) is 2. The molecule has 0 fully saturated rings. The summed E-state index contributed by atoms with van der Waals surface area (Å²) in [6.07, 6.45) is 0. The molecule has 2 aromatic carbocycles. The van der Waals surface area contributed by atoms with E-state index in [9.17, 15) is 9.59 Å². The zero-order valence-corrected chi connectivity index (χ0v) is 17.2. The largest absolute Gasteiger partial charge is 0.325 e. The van der Waals surface area contributed by atoms with Crippen molar-refractivity contribution in [3.05, 3.63) is 77.0 Å². The van der Waals surface area contributed by atoms with Crippen molar-refractivity contribution < 1.29 is 9.59 Å². The third-order valence-corrected chi connectivity index (χ3v) is 5.73. The second-order valence-corrected chi connectivity index (χ2v) is 7.94. The Hall–Kier alpha value is -3.50. The molecule has 8 nitrogen and oxygen atoms in total. The topological polar surface area (TPSA) is 102 Å². The third-order valence-electron chi connectivity index (χ3n) is 3.95. The Kier molecular flexibility index (Phi) is 6.16. The minimum Gasteiger partial charge on any atom is -0.325 e. The molecule has 0 saturated heterocycles. The lowest BCUT2D eigenvalue weighted by atomic mass is 10.2. The number of hydrogen-bond acceptors (Lipinski definition) is 7. The van der Waals surface area contributed by atoms with Gasteiger partial charge in [-0.15, -0.1) is 16.4 Å². The van der Waals surface area contributed by atoms with E-state index in [0.717, 1.165) is 5.69 Å². The number of para-hydroxylation sites is 1. The Labute approximate surface area is 180 Å². The first kappa shape index (κ1) is 19.8. The number of rotatable bonds is 7. The fraction of sp³-hybridized carbons (Fsp3) is 0.0500. The highest BCUT2D eigenvalue weighted by Gasteiger charge is 2.12. The Morgan fingerprint density at radius 2 is 1.67 bits per heavy atom. The molecule has 150 valence electrons. The molecule has 0 aliphatic carbocycles. The fourth-order valence-corrected chi connectivity index (χ4v) is 3.87. The quantitative estimate of drug-likeness (QED) is 0.428. The average molecular weight is 437 g/mol. The number of carbonyl (C=O) groups is 2. The number of tetrazole rings is 1. The number of nitrogens with zero attached hydrogens (tertiary/aromatic N) is 4. The number of aromatic nitrogens is 4. The lowest BCUT2D eigenvalue weighted by molar-refractivity contribution is -0.113. The zero-order chi connectivity index (χ0) is 20.8. The van der Waals surface area contributed by atoms with Crippen molar-refractivity contribution in [2.24, 2.45) is 0 Å². The van der Waals surface area contributed by atoms with Crippen molar-refractivity contribution in [3.8, 4) is 5.69 Å². The van der Waals surface area contributed by atoms with Crippen LogP contribution in [0, 0.1) is 0 Å². The number of thioether (sulfide) groups is 1. The van der Waals surface area contributed by atoms with E-state index < -0.39 is 0 Å². The van der Waals surface area contributed by atoms with Crippen molar-refractivity contribution in [1.82, 2.24) is 20.2 Å². The van der Waals surface area contributed by atoms with Gasteiger partial charge in [-0.25, -0.2) is 0 Å². The third kappa shape index (κ3) is 4.91. The van der Waals surface area contributed by atoms with Crippen LogP contribution in [0.4, 0.5) is 11.4 Å². The monoisotopic (exact) mass is 436 g/mol. The number of thiophene rings is 1. The maximum atomic E-state index is 12.3. The summed E-state index contributed by atoms with van der Waals surface area (Å²) in [6.45, 7) is 0. The van der Waals surface area contributed by atoms with Gasteiger partial charge < -0.3 is 10.6 Å². The highest BCUT2D eigenvalue weighted by molar-refractivity contribution is 7.99. The van der Waals surface area contributed by atoms with Gasteiger partial charge in [0.25, 0.3) is 5.91 Å². The van der Waals surface area contributed by atoms with E-state index >= 15 is 0 Å². The standard InChI is InChI=1S/C20H16N6O2S2/c27-18(13-30-20-23-24-25-26(20)16-5-2-1-3-6-16)21-14-8-10-15(11-9-14)22-19(28)17-7-4-12-29-17/h1-12H,13H2,(H,21,27)(H,22,28). The van der Waals surface area contributed by atoms with Crippen molar-refractivity contribution >= 4 is 46.3 Å². The van der Waals surface area contributed by atoms with Gasteiger partial charge >= 0.3 is 0 Å². The predicted molar refractivity (Wildman–Crippen MR) is 117 cm³/mol. The summed E-state index contributed by atoms with van der Waals surface area (Å²) in [7, 11) is 0. The summed E-state index contributed by atoms with van der Waals surface area (Å²) in [5.74, 6) is -0.184. The maximum absolute atomic E-state index is 12.3. The molecule has 2 aromatic heterocycles. The second-order valence-electron chi connectivity index (χ2n) is 6.05. The molecule has 0 atom stereocenters. The Morgan fingerprint density at radius 3 is 2.37 bits per heavy atom. The Morgan fingerprint density at radius 1 is 0.933 bits per heavy atom. The van der Waals surface area contributed by atoms with Crippen LogP contribution >= 0.6 is 23.1 Å². The zero-order valence-electron chi connectivity index (χ0n) is 15.6. The molecule has 2 N–H and O–H groups in total. The van der Waals surface area contributed by atoms with Crippen LogP contribution in [-0.2, 0) is 4.79 Å². The normalized spacial score (nSPS) is 10.5. The van der Waals surface area contributed by atoms with E-state index in [1.807, 2.05) is 41.8 Å². The van der Waals surface area contributed by atoms with Crippen LogP contribution in [-0.4, -0.2) is 37.8 Å². The van der Waals surface area contributed by atoms with E-state index in [1.54, 1.807) is 35.0 Å². The SMILES string of the molecule is O=C(CSc1nnnn1-c1ccccc1)Nc1ccc(NC(=O)c2cccs2)cc1. The van der Waals surface area contributed by atoms with E-state index in [2.05, 4.69) is 26.2 Å². The highest BCUT2D eigenvalue weighted by Crippen LogP contribution is 2.19. The van der Waals surface area contributed by atoms with Crippen LogP contribution in [0.1, 0.15) is 9.67 Å². The predicted octanol–water partition coefficient (Wildman–Crippen LogP) is 3.71. The van der Waals surface area contributed by atoms with E-state index in [4.69, 9.17) is 0 Å². The Balaban J connectivity index is 1.31. The summed E-state index contributed by atoms with van der Waals surface area (Å²) in [5.41, 5.74) is 2.12. The van der Waals surface area contributed by atoms with E-state index in [-0.39, 0.29) is 17.6 Å². The molecular weight excluding hydrogens is 420 g/mol. The smallest absolute Gasteiger partial charge is 0.265 e. The lowest BCUT2D eigenvalue weighted by Crippen LogP contribution is -2.15. The molecule has 0 spiro atoms. The summed E-state index contributed by atoms with van der Waals surface area (Å²) >= 11 is 2.62. The fourth-order valence-electron chi connectivity index (χ4n) is 2.56. The van der Waals surface area contributed by atoms with Crippen LogP contribution in [0.5, 0.6) is 0 Å². The van der Waals surface area contributed by atoms with Gasteiger partial charge in [-0.2, -0.15) is 4.68 Å². The van der Waals surface area contributed by atoms with Crippen LogP contribution in [0.15, 0.2) is 77.3 Å². The van der Waals surface area contributed by atoms with E-state index in [1.165, 1.54) is 23.1 Å². The van der Waals surface area contributed by atoms with Gasteiger partial charge in [-0.3, -0.25) is 9.59 Å². The second kappa shape index (κ2) is 9.33. The molecule has 0 bridgehead atoms. The van der Waals surface area contributed by atoms with Gasteiger partial charge in [0.2, 0.25) is 11.1 Å². The number of hydrogen-bond donors (Lipinski definition) is 2. The summed E-state index contributed by atoms with van der Waals surface area (Å²) in [4.78, 5) is 25.0. The minimum absolute atomic E-state index is 0.157. The van der Waals surface area contributed by atoms with Crippen molar-refractivity contribution in [2.75, 3.05) is 16.4 Å². The molecule has 4 rings (SSSR count). The van der Waals surface area contributed by atoms with Crippen LogP contribution in [0.2, 0.25) is 0 Å². The van der Waals surface area contributed by atoms with Gasteiger partial charge in [0.05, 0.1) is 16.3 Å². The molecule has 10 heteroatoms. The van der Waals surface area contributed by atoms with Gasteiger partial charge in [0.15, 0.2) is 0 Å². The first-order chi connectivity index (χ1) is 14.7. The molecule has 0 unspecified atom stereocenters. The summed E-state index contributed by atoms with van der Waals surface area (Å²) < 4.78 is 1.59. The van der Waals surface area contributed by atoms with Crippen molar-refractivity contribution in [2.45, 2.75) is 5.16 Å². The molecular formula is C20H16N6O2S2. The number of amides is 2. The summed E-state index contributed by atoms with van der Waals surface area (Å²) in [6, 6.07) is 20.0. The molecule has 2 amide bonds. The maximum Gasteiger partial charge on any atom is 0.265 e. The Bertz CT molecular complexity index is 1130.